The van der Waals surface area contributed by atoms with E-state index < -0.39 is 0 Å². The van der Waals surface area contributed by atoms with Crippen molar-refractivity contribution in [2.24, 2.45) is 11.0 Å². The van der Waals surface area contributed by atoms with E-state index >= 15 is 0 Å². The second kappa shape index (κ2) is 4.64. The lowest BCUT2D eigenvalue weighted by atomic mass is 9.85. The van der Waals surface area contributed by atoms with Crippen LogP contribution in [-0.4, -0.2) is 17.1 Å². The minimum atomic E-state index is 0.0392. The average molecular weight is 241 g/mol. The molecule has 1 fully saturated rings. The molecule has 1 aromatic heterocycles. The third kappa shape index (κ3) is 2.01. The number of aromatic amines is 1. The second-order valence-electron chi connectivity index (χ2n) is 4.65. The maximum Gasteiger partial charge on any atom is 0.243 e. The largest absolute Gasteiger partial charge is 0.361 e. The Bertz CT molecular complexity index is 596. The van der Waals surface area contributed by atoms with E-state index in [0.29, 0.717) is 0 Å². The number of para-hydroxylation sites is 1. The molecule has 1 heterocycles. The number of carbonyl (C=O) groups is 1. The van der Waals surface area contributed by atoms with Crippen LogP contribution < -0.4 is 5.43 Å². The Balaban J connectivity index is 1.70. The fourth-order valence-corrected chi connectivity index (χ4v) is 2.13. The van der Waals surface area contributed by atoms with Crippen LogP contribution in [0.25, 0.3) is 10.9 Å². The molecule has 1 aromatic carbocycles. The lowest BCUT2D eigenvalue weighted by Gasteiger charge is -2.22. The highest BCUT2D eigenvalue weighted by Gasteiger charge is 2.24. The third-order valence-corrected chi connectivity index (χ3v) is 3.48. The summed E-state index contributed by atoms with van der Waals surface area (Å²) >= 11 is 0. The Labute approximate surface area is 105 Å². The molecule has 1 saturated carbocycles. The molecule has 2 aromatic rings. The summed E-state index contributed by atoms with van der Waals surface area (Å²) in [4.78, 5) is 14.8. The number of carbonyl (C=O) groups excluding carboxylic acids is 1. The van der Waals surface area contributed by atoms with Crippen molar-refractivity contribution in [2.45, 2.75) is 19.3 Å². The van der Waals surface area contributed by atoms with Gasteiger partial charge in [0, 0.05) is 28.6 Å². The highest BCUT2D eigenvalue weighted by Crippen LogP contribution is 2.26. The molecule has 0 spiro atoms. The highest BCUT2D eigenvalue weighted by atomic mass is 16.2. The van der Waals surface area contributed by atoms with Gasteiger partial charge in [0.1, 0.15) is 0 Å². The Morgan fingerprint density at radius 1 is 1.39 bits per heavy atom. The fraction of sp³-hybridized carbons (Fsp3) is 0.286. The maximum atomic E-state index is 11.6. The summed E-state index contributed by atoms with van der Waals surface area (Å²) in [7, 11) is 0. The van der Waals surface area contributed by atoms with E-state index in [0.717, 1.165) is 35.7 Å². The molecule has 0 saturated heterocycles. The zero-order chi connectivity index (χ0) is 12.4. The number of rotatable bonds is 3. The first-order valence-corrected chi connectivity index (χ1v) is 6.23. The molecule has 0 radical (unpaired) electrons. The monoisotopic (exact) mass is 241 g/mol. The van der Waals surface area contributed by atoms with Crippen LogP contribution in [-0.2, 0) is 4.79 Å². The number of nitrogens with zero attached hydrogens (tertiary/aromatic N) is 1. The van der Waals surface area contributed by atoms with Gasteiger partial charge in [-0.3, -0.25) is 4.79 Å². The summed E-state index contributed by atoms with van der Waals surface area (Å²) in [6.07, 6.45) is 6.73. The Morgan fingerprint density at radius 2 is 2.22 bits per heavy atom. The van der Waals surface area contributed by atoms with Crippen molar-refractivity contribution in [3.05, 3.63) is 36.0 Å². The van der Waals surface area contributed by atoms with Gasteiger partial charge < -0.3 is 4.98 Å². The molecule has 4 nitrogen and oxygen atoms in total. The number of H-pyrrole nitrogens is 1. The van der Waals surface area contributed by atoms with Crippen LogP contribution >= 0.6 is 0 Å². The fourth-order valence-electron chi connectivity index (χ4n) is 2.13. The number of amides is 1. The predicted molar refractivity (Wildman–Crippen MR) is 71.4 cm³/mol. The van der Waals surface area contributed by atoms with Gasteiger partial charge in [-0.2, -0.15) is 5.10 Å². The van der Waals surface area contributed by atoms with Gasteiger partial charge in [0.2, 0.25) is 5.91 Å². The van der Waals surface area contributed by atoms with Gasteiger partial charge in [0.25, 0.3) is 0 Å². The number of nitrogens with one attached hydrogen (secondary N) is 2. The van der Waals surface area contributed by atoms with E-state index in [9.17, 15) is 4.79 Å². The van der Waals surface area contributed by atoms with Crippen molar-refractivity contribution in [3.63, 3.8) is 0 Å². The van der Waals surface area contributed by atoms with E-state index in [-0.39, 0.29) is 11.8 Å². The van der Waals surface area contributed by atoms with E-state index in [1.54, 1.807) is 6.21 Å². The van der Waals surface area contributed by atoms with Crippen molar-refractivity contribution in [1.29, 1.82) is 0 Å². The van der Waals surface area contributed by atoms with Crippen LogP contribution in [0, 0.1) is 5.92 Å². The number of aromatic nitrogens is 1. The van der Waals surface area contributed by atoms with Crippen LogP contribution in [0.5, 0.6) is 0 Å². The van der Waals surface area contributed by atoms with E-state index in [1.807, 2.05) is 30.5 Å². The number of hydrogen-bond acceptors (Lipinski definition) is 2. The molecule has 1 amide bonds. The van der Waals surface area contributed by atoms with Gasteiger partial charge in [-0.15, -0.1) is 0 Å². The summed E-state index contributed by atoms with van der Waals surface area (Å²) < 4.78 is 0. The zero-order valence-electron chi connectivity index (χ0n) is 10.0. The van der Waals surface area contributed by atoms with Crippen molar-refractivity contribution in [2.75, 3.05) is 0 Å². The number of hydrazone groups is 1. The molecule has 1 aliphatic rings. The third-order valence-electron chi connectivity index (χ3n) is 3.48. The Hall–Kier alpha value is -2.10. The van der Waals surface area contributed by atoms with Crippen LogP contribution in [0.1, 0.15) is 24.8 Å². The summed E-state index contributed by atoms with van der Waals surface area (Å²) in [6, 6.07) is 8.01. The first-order chi connectivity index (χ1) is 8.84. The topological polar surface area (TPSA) is 57.2 Å². The van der Waals surface area contributed by atoms with Gasteiger partial charge in [-0.1, -0.05) is 24.6 Å². The van der Waals surface area contributed by atoms with Gasteiger partial charge in [-0.05, 0) is 18.9 Å². The summed E-state index contributed by atoms with van der Waals surface area (Å²) in [5.41, 5.74) is 4.66. The number of benzene rings is 1. The van der Waals surface area contributed by atoms with Gasteiger partial charge in [0.15, 0.2) is 0 Å². The van der Waals surface area contributed by atoms with E-state index in [2.05, 4.69) is 15.5 Å². The minimum Gasteiger partial charge on any atom is -0.361 e. The molecule has 18 heavy (non-hydrogen) atoms. The van der Waals surface area contributed by atoms with Crippen LogP contribution in [0.2, 0.25) is 0 Å². The van der Waals surface area contributed by atoms with Crippen molar-refractivity contribution in [3.8, 4) is 0 Å². The smallest absolute Gasteiger partial charge is 0.243 e. The first kappa shape index (κ1) is 11.0. The Kier molecular flexibility index (Phi) is 2.84. The second-order valence-corrected chi connectivity index (χ2v) is 4.65. The molecule has 2 N–H and O–H groups in total. The molecular weight excluding hydrogens is 226 g/mol. The quantitative estimate of drug-likeness (QED) is 0.629. The molecular formula is C14H15N3O. The van der Waals surface area contributed by atoms with E-state index in [1.165, 1.54) is 0 Å². The van der Waals surface area contributed by atoms with Crippen LogP contribution in [0.15, 0.2) is 35.6 Å². The molecule has 3 rings (SSSR count). The van der Waals surface area contributed by atoms with Crippen LogP contribution in [0.4, 0.5) is 0 Å². The molecule has 0 bridgehead atoms. The van der Waals surface area contributed by atoms with Crippen molar-refractivity contribution in [1.82, 2.24) is 10.4 Å². The van der Waals surface area contributed by atoms with Crippen molar-refractivity contribution < 1.29 is 4.79 Å². The zero-order valence-corrected chi connectivity index (χ0v) is 10.0. The molecule has 0 atom stereocenters. The standard InChI is InChI=1S/C14H15N3O/c18-14(10-4-3-5-10)17-16-9-11-8-15-13-7-2-1-6-12(11)13/h1-2,6-10,15H,3-5H2,(H,17,18). The summed E-state index contributed by atoms with van der Waals surface area (Å²) in [5, 5.41) is 5.13. The van der Waals surface area contributed by atoms with Gasteiger partial charge in [-0.25, -0.2) is 5.43 Å². The number of hydrogen-bond donors (Lipinski definition) is 2. The highest BCUT2D eigenvalue weighted by molar-refractivity contribution is 5.99. The minimum absolute atomic E-state index is 0.0392. The molecule has 4 heteroatoms. The normalized spacial score (nSPS) is 16.0. The molecule has 0 aliphatic heterocycles. The number of fused-ring (bicyclic) bond motifs is 1. The predicted octanol–water partition coefficient (Wildman–Crippen LogP) is 2.42. The van der Waals surface area contributed by atoms with Gasteiger partial charge in [0.05, 0.1) is 6.21 Å². The summed E-state index contributed by atoms with van der Waals surface area (Å²) in [6.45, 7) is 0. The average Bonchev–Trinajstić information content (AvgIpc) is 2.71. The Morgan fingerprint density at radius 3 is 3.00 bits per heavy atom. The SMILES string of the molecule is O=C(NN=Cc1c[nH]c2ccccc12)C1CCC1. The lowest BCUT2D eigenvalue weighted by molar-refractivity contribution is -0.127. The van der Waals surface area contributed by atoms with Gasteiger partial charge >= 0.3 is 0 Å². The van der Waals surface area contributed by atoms with Crippen molar-refractivity contribution >= 4 is 23.0 Å². The maximum absolute atomic E-state index is 11.6. The first-order valence-electron chi connectivity index (χ1n) is 6.23. The van der Waals surface area contributed by atoms with E-state index in [4.69, 9.17) is 0 Å². The molecule has 92 valence electrons. The van der Waals surface area contributed by atoms with Crippen LogP contribution in [0.3, 0.4) is 0 Å². The molecule has 0 unspecified atom stereocenters. The molecule has 1 aliphatic carbocycles. The lowest BCUT2D eigenvalue weighted by Crippen LogP contribution is -2.31. The summed E-state index contributed by atoms with van der Waals surface area (Å²) in [5.74, 6) is 0.211.